The van der Waals surface area contributed by atoms with Crippen molar-refractivity contribution in [3.8, 4) is 0 Å². The molecule has 590 valence electrons. The van der Waals surface area contributed by atoms with Crippen LogP contribution in [-0.2, 0) is 65.4 Å². The Labute approximate surface area is 629 Å². The molecule has 0 aliphatic heterocycles. The molecule has 0 bridgehead atoms. The third kappa shape index (κ3) is 74.7. The van der Waals surface area contributed by atoms with Gasteiger partial charge in [-0.2, -0.15) is 0 Å². The number of hydrogen-bond acceptors (Lipinski definition) is 15. The summed E-state index contributed by atoms with van der Waals surface area (Å²) in [5, 5.41) is 10.6. The molecule has 3 N–H and O–H groups in total. The normalized spacial score (nSPS) is 14.8. The molecule has 0 aromatic heterocycles. The van der Waals surface area contributed by atoms with Crippen molar-refractivity contribution < 1.29 is 80.2 Å². The van der Waals surface area contributed by atoms with E-state index < -0.39 is 97.5 Å². The number of aliphatic hydroxyl groups excluding tert-OH is 1. The highest BCUT2D eigenvalue weighted by Crippen LogP contribution is 2.45. The van der Waals surface area contributed by atoms with E-state index in [9.17, 15) is 43.2 Å². The smallest absolute Gasteiger partial charge is 0.462 e. The maximum absolute atomic E-state index is 13.1. The Morgan fingerprint density at radius 1 is 0.279 bits per heavy atom. The van der Waals surface area contributed by atoms with Gasteiger partial charge in [-0.3, -0.25) is 37.3 Å². The van der Waals surface area contributed by atoms with E-state index in [-0.39, 0.29) is 25.7 Å². The second-order valence-electron chi connectivity index (χ2n) is 25.5. The molecule has 19 heteroatoms. The second kappa shape index (κ2) is 75.6. The summed E-state index contributed by atoms with van der Waals surface area (Å²) >= 11 is 0. The Morgan fingerprint density at radius 3 is 0.808 bits per heavy atom. The van der Waals surface area contributed by atoms with Gasteiger partial charge in [0.2, 0.25) is 0 Å². The van der Waals surface area contributed by atoms with Crippen molar-refractivity contribution in [1.82, 2.24) is 0 Å². The minimum Gasteiger partial charge on any atom is -0.462 e. The monoisotopic (exact) mass is 1490 g/mol. The zero-order chi connectivity index (χ0) is 76.0. The van der Waals surface area contributed by atoms with Crippen LogP contribution in [0.4, 0.5) is 0 Å². The number of ether oxygens (including phenoxy) is 4. The van der Waals surface area contributed by atoms with Gasteiger partial charge in [-0.1, -0.05) is 268 Å². The number of phosphoric acid groups is 2. The molecule has 17 nitrogen and oxygen atoms in total. The number of phosphoric ester groups is 2. The Hall–Kier alpha value is -5.58. The van der Waals surface area contributed by atoms with Crippen LogP contribution < -0.4 is 0 Å². The van der Waals surface area contributed by atoms with Gasteiger partial charge in [0.15, 0.2) is 12.2 Å². The fourth-order valence-corrected chi connectivity index (χ4v) is 11.3. The van der Waals surface area contributed by atoms with E-state index in [0.29, 0.717) is 32.1 Å². The SMILES string of the molecule is CC/C=C\C/C=C\C/C=C\C/C=C\C/C=C\CCCC(=O)OCC(COP(=O)(O)OCC(O)COP(=O)(O)OCC(COC(=O)CCCCCCCCC/C=C\C/C=C\C/C=C\CC)OC(=O)CCCCCCC/C=C\C/C=C\CCC)OC(=O)CCCCCC/C=C\C/C=C\C/C=C\C/C=C\CC. The summed E-state index contributed by atoms with van der Waals surface area (Å²) in [6, 6.07) is 0. The molecule has 0 radical (unpaired) electrons. The Morgan fingerprint density at radius 2 is 0.510 bits per heavy atom. The lowest BCUT2D eigenvalue weighted by atomic mass is 10.1. The molecule has 0 aromatic rings. The maximum atomic E-state index is 13.1. The summed E-state index contributed by atoms with van der Waals surface area (Å²) in [6.45, 7) is 4.33. The van der Waals surface area contributed by atoms with E-state index in [1.165, 1.54) is 0 Å². The highest BCUT2D eigenvalue weighted by Gasteiger charge is 2.30. The van der Waals surface area contributed by atoms with Crippen molar-refractivity contribution in [2.24, 2.45) is 0 Å². The first kappa shape index (κ1) is 98.4. The van der Waals surface area contributed by atoms with Crippen LogP contribution in [0.1, 0.15) is 285 Å². The Kier molecular flexibility index (Phi) is 71.6. The first-order valence-corrected chi connectivity index (χ1v) is 42.4. The van der Waals surface area contributed by atoms with Crippen molar-refractivity contribution in [2.75, 3.05) is 39.6 Å². The molecule has 0 fully saturated rings. The molecule has 0 aliphatic rings. The molecule has 104 heavy (non-hydrogen) atoms. The Bertz CT molecular complexity index is 2640. The Balaban J connectivity index is 5.46. The fourth-order valence-electron chi connectivity index (χ4n) is 9.77. The van der Waals surface area contributed by atoms with Crippen LogP contribution in [0.3, 0.4) is 0 Å². The average Bonchev–Trinajstić information content (AvgIpc) is 0.910. The van der Waals surface area contributed by atoms with Gasteiger partial charge in [0, 0.05) is 25.7 Å². The largest absolute Gasteiger partial charge is 0.472 e. The van der Waals surface area contributed by atoms with Crippen LogP contribution >= 0.6 is 15.6 Å². The van der Waals surface area contributed by atoms with Crippen molar-refractivity contribution in [1.29, 1.82) is 0 Å². The van der Waals surface area contributed by atoms with E-state index in [0.717, 1.165) is 199 Å². The minimum absolute atomic E-state index is 0.0481. The lowest BCUT2D eigenvalue weighted by Gasteiger charge is -2.21. The number of allylic oxidation sites excluding steroid dienone is 28. The topological polar surface area (TPSA) is 237 Å². The average molecular weight is 1490 g/mol. The molecule has 0 heterocycles. The number of aliphatic hydroxyl groups is 1. The summed E-state index contributed by atoms with van der Waals surface area (Å²) in [7, 11) is -10.0. The molecule has 0 spiro atoms. The number of rotatable bonds is 72. The van der Waals surface area contributed by atoms with E-state index >= 15 is 0 Å². The summed E-state index contributed by atoms with van der Waals surface area (Å²) in [5.74, 6) is -2.31. The lowest BCUT2D eigenvalue weighted by molar-refractivity contribution is -0.161. The summed E-state index contributed by atoms with van der Waals surface area (Å²) in [4.78, 5) is 73.0. The van der Waals surface area contributed by atoms with Gasteiger partial charge in [-0.15, -0.1) is 0 Å². The molecule has 0 saturated carbocycles. The first-order valence-electron chi connectivity index (χ1n) is 39.4. The predicted octanol–water partition coefficient (Wildman–Crippen LogP) is 23.0. The lowest BCUT2D eigenvalue weighted by Crippen LogP contribution is -2.30. The second-order valence-corrected chi connectivity index (χ2v) is 28.4. The number of hydrogen-bond donors (Lipinski definition) is 3. The summed E-state index contributed by atoms with van der Waals surface area (Å²) < 4.78 is 68.5. The van der Waals surface area contributed by atoms with E-state index in [1.54, 1.807) is 0 Å². The zero-order valence-electron chi connectivity index (χ0n) is 64.4. The van der Waals surface area contributed by atoms with E-state index in [1.807, 2.05) is 12.2 Å². The third-order valence-electron chi connectivity index (χ3n) is 15.6. The highest BCUT2D eigenvalue weighted by atomic mass is 31.2. The van der Waals surface area contributed by atoms with E-state index in [4.69, 9.17) is 37.0 Å². The molecule has 0 rings (SSSR count). The number of esters is 4. The standard InChI is InChI=1S/C85H138O17P2/c1-5-9-13-17-21-25-29-33-36-39-42-46-49-53-57-61-65-69-82(87)95-75-80(101-84(89)71-67-63-59-55-51-45-32-28-24-20-16-12-8-4)77-99-103(91,92)97-73-79(86)74-98-104(93,94)100-78-81(102-85(90)72-68-64-60-56-52-48-44-41-38-35-31-27-23-19-15-11-7-3)76-96-83(88)70-66-62-58-54-50-47-43-40-37-34-30-26-22-18-14-10-6-2/h9-11,13-16,20-23,25-28,32-38,43-44,47-48,54,58,79-81,86H,5-8,12,17-19,24,29-31,39-42,45-46,49-53,55-57,59-78H2,1-4H3,(H,91,92)(H,93,94)/b13-9-,14-10-,15-11-,20-16-,25-21-,26-22-,27-23-,32-28-,36-33-,37-34-,38-35-,47-43-,48-44-,58-54-. The molecule has 5 unspecified atom stereocenters. The van der Waals surface area contributed by atoms with Gasteiger partial charge in [-0.25, -0.2) is 9.13 Å². The molecule has 0 saturated heterocycles. The van der Waals surface area contributed by atoms with Gasteiger partial charge < -0.3 is 33.8 Å². The van der Waals surface area contributed by atoms with Crippen molar-refractivity contribution in [3.63, 3.8) is 0 Å². The van der Waals surface area contributed by atoms with Gasteiger partial charge >= 0.3 is 39.5 Å². The van der Waals surface area contributed by atoms with Crippen LogP contribution in [0.2, 0.25) is 0 Å². The van der Waals surface area contributed by atoms with Gasteiger partial charge in [0.05, 0.1) is 26.4 Å². The molecular weight excluding hydrogens is 1350 g/mol. The molecule has 0 aliphatic carbocycles. The van der Waals surface area contributed by atoms with Gasteiger partial charge in [0.25, 0.3) is 0 Å². The van der Waals surface area contributed by atoms with Crippen LogP contribution in [0.5, 0.6) is 0 Å². The maximum Gasteiger partial charge on any atom is 0.472 e. The van der Waals surface area contributed by atoms with Crippen molar-refractivity contribution in [3.05, 3.63) is 170 Å². The molecule has 0 amide bonds. The summed E-state index contributed by atoms with van der Waals surface area (Å²) in [6.07, 6.45) is 89.1. The highest BCUT2D eigenvalue weighted by molar-refractivity contribution is 7.47. The number of carbonyl (C=O) groups excluding carboxylic acids is 4. The number of carbonyl (C=O) groups is 4. The molecular formula is C85H138O17P2. The van der Waals surface area contributed by atoms with Crippen molar-refractivity contribution in [2.45, 2.75) is 303 Å². The zero-order valence-corrected chi connectivity index (χ0v) is 66.2. The van der Waals surface area contributed by atoms with Gasteiger partial charge in [0.1, 0.15) is 19.3 Å². The third-order valence-corrected chi connectivity index (χ3v) is 17.5. The first-order chi connectivity index (χ1) is 50.7. The molecule has 5 atom stereocenters. The summed E-state index contributed by atoms with van der Waals surface area (Å²) in [5.41, 5.74) is 0. The fraction of sp³-hybridized carbons (Fsp3) is 0.624. The van der Waals surface area contributed by atoms with Crippen LogP contribution in [0, 0.1) is 0 Å². The van der Waals surface area contributed by atoms with Crippen LogP contribution in [0.15, 0.2) is 170 Å². The van der Waals surface area contributed by atoms with Crippen LogP contribution in [0.25, 0.3) is 0 Å². The predicted molar refractivity (Wildman–Crippen MR) is 426 cm³/mol. The van der Waals surface area contributed by atoms with Crippen LogP contribution in [-0.4, -0.2) is 96.7 Å². The van der Waals surface area contributed by atoms with Gasteiger partial charge in [-0.05, 0) is 161 Å². The quantitative estimate of drug-likeness (QED) is 0.0169. The van der Waals surface area contributed by atoms with E-state index in [2.05, 4.69) is 186 Å². The van der Waals surface area contributed by atoms with Crippen molar-refractivity contribution >= 4 is 39.5 Å². The minimum atomic E-state index is -5.01. The molecule has 0 aromatic carbocycles. The number of unbranched alkanes of at least 4 members (excludes halogenated alkanes) is 18.